The number of Topliss-reactive ketones (excluding diaryl/α,β-unsaturated/α-hetero) is 2. The molecule has 10 heteroatoms. The Morgan fingerprint density at radius 2 is 0.800 bits per heavy atom. The van der Waals surface area contributed by atoms with E-state index in [1.165, 1.54) is 7.11 Å². The van der Waals surface area contributed by atoms with Crippen molar-refractivity contribution in [2.24, 2.45) is 38.4 Å². The third kappa shape index (κ3) is 43.8. The minimum absolute atomic E-state index is 0.00766. The normalized spacial score (nSPS) is 11.5. The SMILES string of the molecule is CC(C)C(=O)C(C)(C)C.CC(C)OC(=O)C(C)(C)C.CCCC(=O)C(C)(C)C.CCCOC(=O)C(C)(C)C.CCOC(=O)C(C)(C)C.COC(=O)C(C)(C)C. The molecule has 0 fully saturated rings. The van der Waals surface area contributed by atoms with E-state index in [-0.39, 0.29) is 68.4 Å². The molecule has 0 aromatic carbocycles. The fourth-order valence-corrected chi connectivity index (χ4v) is 2.92. The molecule has 0 amide bonds. The third-order valence-corrected chi connectivity index (χ3v) is 6.27. The van der Waals surface area contributed by atoms with Gasteiger partial charge in [0.25, 0.3) is 0 Å². The molecule has 0 radical (unpaired) electrons. The molecule has 0 unspecified atom stereocenters. The van der Waals surface area contributed by atoms with Crippen LogP contribution in [0.1, 0.15) is 192 Å². The van der Waals surface area contributed by atoms with Crippen LogP contribution >= 0.6 is 0 Å². The molecule has 0 aliphatic heterocycles. The first kappa shape index (κ1) is 64.1. The maximum Gasteiger partial charge on any atom is 0.311 e. The standard InChI is InChI=1S/2C8H16O2.2C8H16O.C7H14O2.C6H12O2/c1-6(2)10-7(9)8(3,4)5;1-5-6-10-7(9)8(2,3)4;1-6(2)7(9)8(3,4)5;1-5-6-7(9)8(2,3)4;1-5-9-6(8)7(2,3)4;1-6(2,3)5(7)8-4/h6H,1-5H3;5-6H2,1-4H3;6H,1-5H3;5-6H2,1-4H3;5H2,1-4H3;1-4H3. The van der Waals surface area contributed by atoms with Gasteiger partial charge in [-0.25, -0.2) is 0 Å². The van der Waals surface area contributed by atoms with Gasteiger partial charge in [0.05, 0.1) is 48.1 Å². The van der Waals surface area contributed by atoms with Crippen LogP contribution in [0, 0.1) is 38.4 Å². The van der Waals surface area contributed by atoms with Crippen molar-refractivity contribution in [3.8, 4) is 0 Å². The van der Waals surface area contributed by atoms with E-state index in [9.17, 15) is 28.8 Å². The molecular weight excluding hydrogens is 700 g/mol. The van der Waals surface area contributed by atoms with Crippen molar-refractivity contribution >= 4 is 35.4 Å². The molecule has 0 heterocycles. The van der Waals surface area contributed by atoms with Crippen molar-refractivity contribution in [3.63, 3.8) is 0 Å². The van der Waals surface area contributed by atoms with E-state index >= 15 is 0 Å². The Bertz CT molecular complexity index is 1050. The highest BCUT2D eigenvalue weighted by Gasteiger charge is 2.25. The summed E-state index contributed by atoms with van der Waals surface area (Å²) in [5, 5.41) is 0. The lowest BCUT2D eigenvalue weighted by Crippen LogP contribution is -2.25. The maximum absolute atomic E-state index is 11.2. The van der Waals surface area contributed by atoms with Gasteiger partial charge < -0.3 is 18.9 Å². The zero-order valence-corrected chi connectivity index (χ0v) is 40.8. The number of rotatable bonds is 7. The second-order valence-electron chi connectivity index (χ2n) is 20.0. The highest BCUT2D eigenvalue weighted by Crippen LogP contribution is 2.20. The van der Waals surface area contributed by atoms with E-state index in [4.69, 9.17) is 14.2 Å². The van der Waals surface area contributed by atoms with Crippen molar-refractivity contribution in [3.05, 3.63) is 0 Å². The first-order chi connectivity index (χ1) is 24.1. The van der Waals surface area contributed by atoms with Gasteiger partial charge in [-0.3, -0.25) is 28.8 Å². The summed E-state index contributed by atoms with van der Waals surface area (Å²) in [5.41, 5.74) is -1.71. The van der Waals surface area contributed by atoms with Gasteiger partial charge >= 0.3 is 23.9 Å². The number of hydrogen-bond acceptors (Lipinski definition) is 10. The minimum atomic E-state index is -0.371. The smallest absolute Gasteiger partial charge is 0.311 e. The predicted molar refractivity (Wildman–Crippen MR) is 228 cm³/mol. The molecule has 10 nitrogen and oxygen atoms in total. The average molecular weight is 791 g/mol. The van der Waals surface area contributed by atoms with Gasteiger partial charge in [-0.2, -0.15) is 0 Å². The number of methoxy groups -OCH3 is 1. The summed E-state index contributed by atoms with van der Waals surface area (Å²) in [6.07, 6.45) is 2.58. The van der Waals surface area contributed by atoms with Crippen LogP contribution in [0.3, 0.4) is 0 Å². The van der Waals surface area contributed by atoms with Gasteiger partial charge in [-0.15, -0.1) is 0 Å². The van der Waals surface area contributed by atoms with Crippen LogP contribution in [-0.2, 0) is 47.7 Å². The first-order valence-electron chi connectivity index (χ1n) is 19.8. The van der Waals surface area contributed by atoms with Crippen molar-refractivity contribution in [2.45, 2.75) is 198 Å². The summed E-state index contributed by atoms with van der Waals surface area (Å²) in [5.74, 6) is 0.317. The Balaban J connectivity index is -0.000000131. The molecule has 0 saturated carbocycles. The summed E-state index contributed by atoms with van der Waals surface area (Å²) >= 11 is 0. The van der Waals surface area contributed by atoms with E-state index < -0.39 is 0 Å². The van der Waals surface area contributed by atoms with E-state index in [1.54, 1.807) is 0 Å². The van der Waals surface area contributed by atoms with Gasteiger partial charge in [0.1, 0.15) is 11.6 Å². The van der Waals surface area contributed by atoms with Crippen molar-refractivity contribution in [1.29, 1.82) is 0 Å². The van der Waals surface area contributed by atoms with Gasteiger partial charge in [-0.05, 0) is 117 Å². The molecule has 0 N–H and O–H groups in total. The van der Waals surface area contributed by atoms with Gasteiger partial charge in [0.15, 0.2) is 0 Å². The molecule has 0 atom stereocenters. The third-order valence-electron chi connectivity index (χ3n) is 6.27. The summed E-state index contributed by atoms with van der Waals surface area (Å²) in [7, 11) is 1.40. The lowest BCUT2D eigenvalue weighted by Gasteiger charge is -2.18. The molecule has 55 heavy (non-hydrogen) atoms. The largest absolute Gasteiger partial charge is 0.469 e. The van der Waals surface area contributed by atoms with Crippen molar-refractivity contribution < 1.29 is 47.7 Å². The van der Waals surface area contributed by atoms with Gasteiger partial charge in [0, 0.05) is 23.2 Å². The van der Waals surface area contributed by atoms with Gasteiger partial charge in [0.2, 0.25) is 0 Å². The number of ether oxygens (including phenoxy) is 4. The molecule has 0 spiro atoms. The highest BCUT2D eigenvalue weighted by molar-refractivity contribution is 5.85. The number of carbonyl (C=O) groups excluding carboxylic acids is 6. The molecule has 0 saturated heterocycles. The molecule has 0 aliphatic carbocycles. The summed E-state index contributed by atoms with van der Waals surface area (Å²) in [6.45, 7) is 48.2. The molecule has 0 aromatic rings. The Morgan fingerprint density at radius 1 is 0.455 bits per heavy atom. The zero-order valence-electron chi connectivity index (χ0n) is 40.8. The highest BCUT2D eigenvalue weighted by atomic mass is 16.5. The average Bonchev–Trinajstić information content (AvgIpc) is 2.97. The number of esters is 4. The number of carbonyl (C=O) groups is 6. The zero-order chi connectivity index (χ0) is 46.0. The lowest BCUT2D eigenvalue weighted by atomic mass is 9.85. The van der Waals surface area contributed by atoms with Crippen LogP contribution in [0.25, 0.3) is 0 Å². The lowest BCUT2D eigenvalue weighted by molar-refractivity contribution is -0.157. The van der Waals surface area contributed by atoms with Crippen LogP contribution in [0.4, 0.5) is 0 Å². The fraction of sp³-hybridized carbons (Fsp3) is 0.867. The number of ketones is 2. The van der Waals surface area contributed by atoms with Crippen LogP contribution in [0.2, 0.25) is 0 Å². The fourth-order valence-electron chi connectivity index (χ4n) is 2.92. The van der Waals surface area contributed by atoms with Crippen molar-refractivity contribution in [1.82, 2.24) is 0 Å². The minimum Gasteiger partial charge on any atom is -0.469 e. The summed E-state index contributed by atoms with van der Waals surface area (Å²) in [6, 6.07) is 0. The Hall–Kier alpha value is -2.78. The summed E-state index contributed by atoms with van der Waals surface area (Å²) in [4.78, 5) is 65.7. The first-order valence-corrected chi connectivity index (χ1v) is 19.8. The second kappa shape index (κ2) is 29.5. The maximum atomic E-state index is 11.2. The van der Waals surface area contributed by atoms with E-state index in [2.05, 4.69) is 4.74 Å². The molecule has 0 aliphatic rings. The number of hydrogen-bond donors (Lipinski definition) is 0. The topological polar surface area (TPSA) is 139 Å². The molecule has 330 valence electrons. The van der Waals surface area contributed by atoms with Gasteiger partial charge in [-0.1, -0.05) is 69.2 Å². The van der Waals surface area contributed by atoms with Crippen LogP contribution in [-0.4, -0.2) is 61.9 Å². The van der Waals surface area contributed by atoms with Crippen LogP contribution < -0.4 is 0 Å². The molecule has 0 aromatic heterocycles. The van der Waals surface area contributed by atoms with Crippen LogP contribution in [0.5, 0.6) is 0 Å². The molecular formula is C45H90O10. The van der Waals surface area contributed by atoms with E-state index in [1.807, 2.05) is 173 Å². The summed E-state index contributed by atoms with van der Waals surface area (Å²) < 4.78 is 19.1. The van der Waals surface area contributed by atoms with Crippen molar-refractivity contribution in [2.75, 3.05) is 20.3 Å². The van der Waals surface area contributed by atoms with E-state index in [0.717, 1.165) is 19.3 Å². The predicted octanol–water partition coefficient (Wildman–Crippen LogP) is 11.4. The Labute approximate surface area is 339 Å². The van der Waals surface area contributed by atoms with Crippen LogP contribution in [0.15, 0.2) is 0 Å². The second-order valence-corrected chi connectivity index (χ2v) is 20.0. The Morgan fingerprint density at radius 3 is 0.909 bits per heavy atom. The molecule has 0 bridgehead atoms. The Kier molecular flexibility index (Phi) is 34.3. The monoisotopic (exact) mass is 791 g/mol. The molecule has 0 rings (SSSR count). The van der Waals surface area contributed by atoms with E-state index in [0.29, 0.717) is 24.8 Å². The quantitative estimate of drug-likeness (QED) is 0.181.